The van der Waals surface area contributed by atoms with Gasteiger partial charge >= 0.3 is 0 Å². The number of hydrogen-bond acceptors (Lipinski definition) is 6. The predicted molar refractivity (Wildman–Crippen MR) is 111 cm³/mol. The van der Waals surface area contributed by atoms with Gasteiger partial charge in [-0.05, 0) is 31.5 Å². The van der Waals surface area contributed by atoms with Gasteiger partial charge in [0.2, 0.25) is 5.89 Å². The van der Waals surface area contributed by atoms with Crippen LogP contribution in [-0.4, -0.2) is 27.3 Å². The van der Waals surface area contributed by atoms with E-state index in [-0.39, 0.29) is 0 Å². The Bertz CT molecular complexity index is 1070. The SMILES string of the molecule is CCc1ccc(CN(C)Cc2nnc(-c3c(-c4ccccc4)noc3C)o2)cc1. The largest absolute Gasteiger partial charge is 0.419 e. The molecule has 0 aliphatic carbocycles. The fourth-order valence-corrected chi connectivity index (χ4v) is 3.31. The normalized spacial score (nSPS) is 11.3. The lowest BCUT2D eigenvalue weighted by molar-refractivity contribution is 0.282. The van der Waals surface area contributed by atoms with Crippen LogP contribution in [0.4, 0.5) is 0 Å². The van der Waals surface area contributed by atoms with E-state index in [1.54, 1.807) is 0 Å². The minimum Gasteiger partial charge on any atom is -0.419 e. The molecule has 4 rings (SSSR count). The summed E-state index contributed by atoms with van der Waals surface area (Å²) in [6.07, 6.45) is 1.05. The van der Waals surface area contributed by atoms with Crippen molar-refractivity contribution < 1.29 is 8.94 Å². The highest BCUT2D eigenvalue weighted by molar-refractivity contribution is 5.77. The van der Waals surface area contributed by atoms with Gasteiger partial charge in [0.05, 0.1) is 6.54 Å². The third kappa shape index (κ3) is 4.27. The number of benzene rings is 2. The third-order valence-corrected chi connectivity index (χ3v) is 4.88. The number of aromatic nitrogens is 3. The van der Waals surface area contributed by atoms with Crippen molar-refractivity contribution in [3.63, 3.8) is 0 Å². The van der Waals surface area contributed by atoms with Crippen molar-refractivity contribution in [3.05, 3.63) is 77.4 Å². The average Bonchev–Trinajstić information content (AvgIpc) is 3.35. The van der Waals surface area contributed by atoms with Crippen molar-refractivity contribution in [2.24, 2.45) is 0 Å². The summed E-state index contributed by atoms with van der Waals surface area (Å²) in [6.45, 7) is 5.39. The van der Waals surface area contributed by atoms with Crippen molar-refractivity contribution in [3.8, 4) is 22.7 Å². The van der Waals surface area contributed by atoms with Gasteiger partial charge in [-0.25, -0.2) is 0 Å². The second kappa shape index (κ2) is 8.41. The molecule has 0 radical (unpaired) electrons. The quantitative estimate of drug-likeness (QED) is 0.449. The number of hydrogen-bond donors (Lipinski definition) is 0. The van der Waals surface area contributed by atoms with Crippen LogP contribution in [0, 0.1) is 6.92 Å². The van der Waals surface area contributed by atoms with Crippen LogP contribution in [0.2, 0.25) is 0 Å². The molecular formula is C23H24N4O2. The first-order valence-corrected chi connectivity index (χ1v) is 9.75. The summed E-state index contributed by atoms with van der Waals surface area (Å²) in [5, 5.41) is 12.7. The third-order valence-electron chi connectivity index (χ3n) is 4.88. The van der Waals surface area contributed by atoms with Crippen LogP contribution in [0.25, 0.3) is 22.7 Å². The lowest BCUT2D eigenvalue weighted by Gasteiger charge is -2.14. The van der Waals surface area contributed by atoms with Crippen molar-refractivity contribution in [1.29, 1.82) is 0 Å². The monoisotopic (exact) mass is 388 g/mol. The van der Waals surface area contributed by atoms with Crippen LogP contribution in [0.5, 0.6) is 0 Å². The fourth-order valence-electron chi connectivity index (χ4n) is 3.31. The second-order valence-electron chi connectivity index (χ2n) is 7.17. The number of aryl methyl sites for hydroxylation is 2. The van der Waals surface area contributed by atoms with E-state index >= 15 is 0 Å². The molecule has 0 spiro atoms. The Morgan fingerprint density at radius 3 is 2.34 bits per heavy atom. The molecule has 0 fully saturated rings. The van der Waals surface area contributed by atoms with Gasteiger partial charge in [-0.3, -0.25) is 4.90 Å². The Morgan fingerprint density at radius 2 is 1.62 bits per heavy atom. The van der Waals surface area contributed by atoms with E-state index in [1.807, 2.05) is 44.3 Å². The van der Waals surface area contributed by atoms with Gasteiger partial charge in [0.15, 0.2) is 0 Å². The van der Waals surface area contributed by atoms with E-state index in [0.717, 1.165) is 24.1 Å². The molecule has 2 heterocycles. The van der Waals surface area contributed by atoms with E-state index in [2.05, 4.69) is 51.4 Å². The zero-order valence-electron chi connectivity index (χ0n) is 16.9. The summed E-state index contributed by atoms with van der Waals surface area (Å²) < 4.78 is 11.4. The Kier molecular flexibility index (Phi) is 5.53. The van der Waals surface area contributed by atoms with Gasteiger partial charge in [-0.2, -0.15) is 0 Å². The number of nitrogens with zero attached hydrogens (tertiary/aromatic N) is 4. The van der Waals surface area contributed by atoms with Crippen molar-refractivity contribution in [1.82, 2.24) is 20.3 Å². The highest BCUT2D eigenvalue weighted by Crippen LogP contribution is 2.33. The molecular weight excluding hydrogens is 364 g/mol. The number of rotatable bonds is 7. The molecule has 0 aliphatic heterocycles. The first-order valence-electron chi connectivity index (χ1n) is 9.75. The van der Waals surface area contributed by atoms with Crippen LogP contribution in [0.1, 0.15) is 29.7 Å². The Morgan fingerprint density at radius 1 is 0.897 bits per heavy atom. The first-order chi connectivity index (χ1) is 14.1. The molecule has 6 heteroatoms. The van der Waals surface area contributed by atoms with E-state index in [9.17, 15) is 0 Å². The van der Waals surface area contributed by atoms with E-state index in [4.69, 9.17) is 8.94 Å². The summed E-state index contributed by atoms with van der Waals surface area (Å²) in [7, 11) is 2.04. The van der Waals surface area contributed by atoms with Gasteiger partial charge in [-0.1, -0.05) is 66.7 Å². The predicted octanol–water partition coefficient (Wildman–Crippen LogP) is 4.89. The lowest BCUT2D eigenvalue weighted by Crippen LogP contribution is -2.17. The maximum atomic E-state index is 5.95. The Hall–Kier alpha value is -3.25. The first kappa shape index (κ1) is 19.1. The van der Waals surface area contributed by atoms with Gasteiger partial charge in [0.25, 0.3) is 5.89 Å². The molecule has 0 amide bonds. The molecule has 0 atom stereocenters. The summed E-state index contributed by atoms with van der Waals surface area (Å²) >= 11 is 0. The van der Waals surface area contributed by atoms with Crippen LogP contribution in [0.15, 0.2) is 63.5 Å². The van der Waals surface area contributed by atoms with Crippen LogP contribution in [-0.2, 0) is 19.5 Å². The van der Waals surface area contributed by atoms with Crippen LogP contribution < -0.4 is 0 Å². The topological polar surface area (TPSA) is 68.2 Å². The van der Waals surface area contributed by atoms with Gasteiger partial charge in [0.1, 0.15) is 17.0 Å². The molecule has 4 aromatic rings. The summed E-state index contributed by atoms with van der Waals surface area (Å²) in [6, 6.07) is 18.5. The van der Waals surface area contributed by atoms with Crippen molar-refractivity contribution >= 4 is 0 Å². The molecule has 0 N–H and O–H groups in total. The van der Waals surface area contributed by atoms with Gasteiger partial charge < -0.3 is 8.94 Å². The van der Waals surface area contributed by atoms with E-state index < -0.39 is 0 Å². The summed E-state index contributed by atoms with van der Waals surface area (Å²) in [5.41, 5.74) is 5.00. The highest BCUT2D eigenvalue weighted by atomic mass is 16.5. The zero-order valence-corrected chi connectivity index (χ0v) is 16.9. The smallest absolute Gasteiger partial charge is 0.253 e. The molecule has 6 nitrogen and oxygen atoms in total. The lowest BCUT2D eigenvalue weighted by atomic mass is 10.1. The molecule has 2 aromatic carbocycles. The minimum absolute atomic E-state index is 0.429. The van der Waals surface area contributed by atoms with E-state index in [1.165, 1.54) is 11.1 Å². The Labute approximate surface area is 170 Å². The average molecular weight is 388 g/mol. The molecule has 148 valence electrons. The molecule has 0 bridgehead atoms. The van der Waals surface area contributed by atoms with Gasteiger partial charge in [0, 0.05) is 12.1 Å². The Balaban J connectivity index is 1.49. The highest BCUT2D eigenvalue weighted by Gasteiger charge is 2.22. The summed E-state index contributed by atoms with van der Waals surface area (Å²) in [5.74, 6) is 1.65. The van der Waals surface area contributed by atoms with Crippen LogP contribution >= 0.6 is 0 Å². The molecule has 0 saturated carbocycles. The van der Waals surface area contributed by atoms with Gasteiger partial charge in [-0.15, -0.1) is 10.2 Å². The molecule has 29 heavy (non-hydrogen) atoms. The van der Waals surface area contributed by atoms with Crippen LogP contribution in [0.3, 0.4) is 0 Å². The second-order valence-corrected chi connectivity index (χ2v) is 7.17. The molecule has 2 aromatic heterocycles. The summed E-state index contributed by atoms with van der Waals surface area (Å²) in [4.78, 5) is 2.15. The molecule has 0 saturated heterocycles. The maximum absolute atomic E-state index is 5.95. The molecule has 0 aliphatic rings. The standard InChI is InChI=1S/C23H24N4O2/c1-4-17-10-12-18(13-11-17)14-27(3)15-20-24-25-23(28-20)21-16(2)29-26-22(21)19-8-6-5-7-9-19/h5-13H,4,14-15H2,1-3H3. The van der Waals surface area contributed by atoms with E-state index in [0.29, 0.717) is 29.8 Å². The fraction of sp³-hybridized carbons (Fsp3) is 0.261. The van der Waals surface area contributed by atoms with Crippen molar-refractivity contribution in [2.45, 2.75) is 33.4 Å². The minimum atomic E-state index is 0.429. The molecule has 0 unspecified atom stereocenters. The maximum Gasteiger partial charge on any atom is 0.253 e. The van der Waals surface area contributed by atoms with Crippen molar-refractivity contribution in [2.75, 3.05) is 7.05 Å². The zero-order chi connectivity index (χ0) is 20.2.